The predicted molar refractivity (Wildman–Crippen MR) is 122 cm³/mol. The molecular formula is C23H21N3OPS+. The minimum atomic E-state index is -2.13. The number of carbonyl (C=O) groups excluding carboxylic acids is 1. The first-order chi connectivity index (χ1) is 14.3. The molecule has 0 bridgehead atoms. The van der Waals surface area contributed by atoms with E-state index in [4.69, 9.17) is 0 Å². The Bertz CT molecular complexity index is 945. The number of nitrogens with zero attached hydrogens (tertiary/aromatic N) is 2. The van der Waals surface area contributed by atoms with Gasteiger partial charge >= 0.3 is 0 Å². The third-order valence-corrected chi connectivity index (χ3v) is 10.1. The van der Waals surface area contributed by atoms with Crippen LogP contribution in [0.25, 0.3) is 0 Å². The van der Waals surface area contributed by atoms with Crippen LogP contribution in [0.15, 0.2) is 102 Å². The monoisotopic (exact) mass is 418 g/mol. The molecule has 29 heavy (non-hydrogen) atoms. The number of aromatic amines is 1. The number of hydrogen-bond acceptors (Lipinski definition) is 4. The molecule has 0 aliphatic rings. The number of aromatic nitrogens is 3. The Kier molecular flexibility index (Phi) is 6.18. The highest BCUT2D eigenvalue weighted by molar-refractivity contribution is 8.00. The van der Waals surface area contributed by atoms with Gasteiger partial charge in [-0.2, -0.15) is 5.10 Å². The molecule has 6 heteroatoms. The van der Waals surface area contributed by atoms with Crippen molar-refractivity contribution in [3.8, 4) is 0 Å². The van der Waals surface area contributed by atoms with Gasteiger partial charge in [-0.1, -0.05) is 66.4 Å². The van der Waals surface area contributed by atoms with Crippen LogP contribution in [0.3, 0.4) is 0 Å². The molecule has 4 aromatic rings. The summed E-state index contributed by atoms with van der Waals surface area (Å²) in [5.74, 6) is 0.569. The molecule has 1 aromatic heterocycles. The summed E-state index contributed by atoms with van der Waals surface area (Å²) < 4.78 is 0. The van der Waals surface area contributed by atoms with Crippen LogP contribution in [-0.2, 0) is 4.79 Å². The zero-order chi connectivity index (χ0) is 19.9. The Hall–Kier alpha value is -2.75. The second-order valence-corrected chi connectivity index (χ2v) is 11.0. The molecule has 0 amide bonds. The van der Waals surface area contributed by atoms with Crippen molar-refractivity contribution in [3.05, 3.63) is 97.3 Å². The molecule has 1 N–H and O–H groups in total. The van der Waals surface area contributed by atoms with Gasteiger partial charge in [-0.25, -0.2) is 4.98 Å². The van der Waals surface area contributed by atoms with Crippen molar-refractivity contribution < 1.29 is 4.79 Å². The molecule has 0 aliphatic carbocycles. The molecule has 0 saturated heterocycles. The third-order valence-electron chi connectivity index (χ3n) is 4.77. The van der Waals surface area contributed by atoms with Crippen LogP contribution < -0.4 is 15.9 Å². The molecule has 4 nitrogen and oxygen atoms in total. The molecule has 0 fully saturated rings. The summed E-state index contributed by atoms with van der Waals surface area (Å²) in [5, 5.41) is 11.0. The summed E-state index contributed by atoms with van der Waals surface area (Å²) in [6.45, 7) is 0. The molecular weight excluding hydrogens is 397 g/mol. The third kappa shape index (κ3) is 4.31. The molecule has 1 heterocycles. The van der Waals surface area contributed by atoms with Gasteiger partial charge in [0.2, 0.25) is 0 Å². The van der Waals surface area contributed by atoms with Crippen LogP contribution in [0.5, 0.6) is 0 Å². The molecule has 0 saturated carbocycles. The summed E-state index contributed by atoms with van der Waals surface area (Å²) in [4.78, 5) is 17.3. The number of ketones is 1. The summed E-state index contributed by atoms with van der Waals surface area (Å²) in [5.41, 5.74) is 0. The second-order valence-electron chi connectivity index (χ2n) is 6.59. The van der Waals surface area contributed by atoms with Crippen molar-refractivity contribution in [3.63, 3.8) is 0 Å². The fraction of sp³-hybridized carbons (Fsp3) is 0.0870. The quantitative estimate of drug-likeness (QED) is 0.352. The van der Waals surface area contributed by atoms with E-state index in [1.807, 2.05) is 18.2 Å². The van der Waals surface area contributed by atoms with Gasteiger partial charge in [-0.15, -0.1) is 0 Å². The van der Waals surface area contributed by atoms with Crippen molar-refractivity contribution in [1.82, 2.24) is 15.2 Å². The number of hydrogen-bond donors (Lipinski definition) is 1. The molecule has 0 spiro atoms. The fourth-order valence-electron chi connectivity index (χ4n) is 3.49. The largest absolute Gasteiger partial charge is 0.295 e. The van der Waals surface area contributed by atoms with E-state index < -0.39 is 7.26 Å². The Morgan fingerprint density at radius 3 is 1.69 bits per heavy atom. The highest BCUT2D eigenvalue weighted by Crippen LogP contribution is 2.55. The Morgan fingerprint density at radius 2 is 1.28 bits per heavy atom. The number of thioether (sulfide) groups is 1. The number of Topliss-reactive ketones (excluding diaryl/α,β-unsaturated/α-hetero) is 1. The van der Waals surface area contributed by atoms with E-state index in [0.717, 1.165) is 0 Å². The number of rotatable bonds is 8. The van der Waals surface area contributed by atoms with Gasteiger partial charge in [0.1, 0.15) is 35.7 Å². The van der Waals surface area contributed by atoms with E-state index in [1.165, 1.54) is 34.0 Å². The smallest absolute Gasteiger partial charge is 0.183 e. The van der Waals surface area contributed by atoms with Gasteiger partial charge in [-0.3, -0.25) is 9.89 Å². The first-order valence-corrected chi connectivity index (χ1v) is 12.3. The lowest BCUT2D eigenvalue weighted by Crippen LogP contribution is -2.36. The summed E-state index contributed by atoms with van der Waals surface area (Å²) in [7, 11) is -2.13. The van der Waals surface area contributed by atoms with E-state index in [9.17, 15) is 4.79 Å². The molecule has 0 atom stereocenters. The first kappa shape index (κ1) is 19.6. The zero-order valence-electron chi connectivity index (χ0n) is 15.8. The lowest BCUT2D eigenvalue weighted by Gasteiger charge is -2.27. The van der Waals surface area contributed by atoms with E-state index in [1.54, 1.807) is 0 Å². The van der Waals surface area contributed by atoms with Gasteiger partial charge in [0.15, 0.2) is 10.9 Å². The SMILES string of the molecule is O=C(CSc1ncn[nH]1)C[P+](c1ccccc1)(c1ccccc1)c1ccccc1. The van der Waals surface area contributed by atoms with Gasteiger partial charge in [0.05, 0.1) is 5.75 Å². The zero-order valence-corrected chi connectivity index (χ0v) is 17.5. The maximum Gasteiger partial charge on any atom is 0.183 e. The summed E-state index contributed by atoms with van der Waals surface area (Å²) in [6, 6.07) is 31.4. The highest BCUT2D eigenvalue weighted by Gasteiger charge is 2.46. The molecule has 4 rings (SSSR count). The topological polar surface area (TPSA) is 58.6 Å². The maximum absolute atomic E-state index is 13.2. The Balaban J connectivity index is 1.78. The van der Waals surface area contributed by atoms with Crippen molar-refractivity contribution >= 4 is 40.7 Å². The van der Waals surface area contributed by atoms with Crippen LogP contribution in [0, 0.1) is 0 Å². The molecule has 0 aliphatic heterocycles. The number of benzene rings is 3. The summed E-state index contributed by atoms with van der Waals surface area (Å²) in [6.07, 6.45) is 1.94. The van der Waals surface area contributed by atoms with Gasteiger partial charge < -0.3 is 0 Å². The van der Waals surface area contributed by atoms with E-state index in [2.05, 4.69) is 88.0 Å². The van der Waals surface area contributed by atoms with Crippen LogP contribution in [-0.4, -0.2) is 32.9 Å². The van der Waals surface area contributed by atoms with Gasteiger partial charge in [0.25, 0.3) is 0 Å². The van der Waals surface area contributed by atoms with Crippen molar-refractivity contribution in [2.75, 3.05) is 11.9 Å². The molecule has 0 unspecified atom stereocenters. The number of H-pyrrole nitrogens is 1. The lowest BCUT2D eigenvalue weighted by molar-refractivity contribution is -0.114. The summed E-state index contributed by atoms with van der Waals surface area (Å²) >= 11 is 1.40. The average Bonchev–Trinajstić information content (AvgIpc) is 3.32. The van der Waals surface area contributed by atoms with E-state index in [-0.39, 0.29) is 5.78 Å². The first-order valence-electron chi connectivity index (χ1n) is 9.34. The highest BCUT2D eigenvalue weighted by atomic mass is 32.2. The minimum Gasteiger partial charge on any atom is -0.295 e. The molecule has 0 radical (unpaired) electrons. The second kappa shape index (κ2) is 9.17. The Morgan fingerprint density at radius 1 is 0.793 bits per heavy atom. The number of carbonyl (C=O) groups is 1. The molecule has 3 aromatic carbocycles. The van der Waals surface area contributed by atoms with Crippen LogP contribution in [0.1, 0.15) is 0 Å². The van der Waals surface area contributed by atoms with Crippen molar-refractivity contribution in [1.29, 1.82) is 0 Å². The fourth-order valence-corrected chi connectivity index (χ4v) is 8.41. The van der Waals surface area contributed by atoms with Crippen molar-refractivity contribution in [2.24, 2.45) is 0 Å². The van der Waals surface area contributed by atoms with Crippen LogP contribution >= 0.6 is 19.0 Å². The Labute approximate surface area is 175 Å². The normalized spacial score (nSPS) is 11.3. The minimum absolute atomic E-state index is 0.205. The van der Waals surface area contributed by atoms with Gasteiger partial charge in [-0.05, 0) is 36.4 Å². The number of nitrogens with one attached hydrogen (secondary N) is 1. The van der Waals surface area contributed by atoms with E-state index >= 15 is 0 Å². The lowest BCUT2D eigenvalue weighted by atomic mass is 10.4. The van der Waals surface area contributed by atoms with Crippen molar-refractivity contribution in [2.45, 2.75) is 5.16 Å². The standard InChI is InChI=1S/C23H21N3OPS/c27-19(17-29-23-24-18-25-26-23)16-28(20-10-4-1-5-11-20,21-12-6-2-7-13-21)22-14-8-3-9-15-22/h1-15,18H,16-17H2,(H,24,25,26)/q+1. The van der Waals surface area contributed by atoms with Crippen LogP contribution in [0.2, 0.25) is 0 Å². The van der Waals surface area contributed by atoms with E-state index in [0.29, 0.717) is 17.1 Å². The van der Waals surface area contributed by atoms with Gasteiger partial charge in [0, 0.05) is 0 Å². The predicted octanol–water partition coefficient (Wildman–Crippen LogP) is 3.46. The maximum atomic E-state index is 13.2. The molecule has 144 valence electrons. The average molecular weight is 418 g/mol. The van der Waals surface area contributed by atoms with Crippen LogP contribution in [0.4, 0.5) is 0 Å².